The molecule has 3 aliphatic rings. The van der Waals surface area contributed by atoms with Crippen molar-refractivity contribution in [1.29, 1.82) is 0 Å². The van der Waals surface area contributed by atoms with Crippen LogP contribution in [-0.2, 0) is 38.2 Å². The Labute approximate surface area is 217 Å². The SMILES string of the molecule is CCOC(=O)C1C(=O)N(c2ccccc2)C2=C1C(=O)C1=C(C2=O)C(C(=O)OCC)C(=O)N1c1ccccc1. The van der Waals surface area contributed by atoms with Gasteiger partial charge in [-0.2, -0.15) is 0 Å². The number of ether oxygens (including phenoxy) is 2. The van der Waals surface area contributed by atoms with E-state index in [1.54, 1.807) is 50.2 Å². The van der Waals surface area contributed by atoms with Crippen LogP contribution in [0.2, 0.25) is 0 Å². The molecule has 2 unspecified atom stereocenters. The van der Waals surface area contributed by atoms with Crippen molar-refractivity contribution in [2.45, 2.75) is 13.8 Å². The maximum Gasteiger partial charge on any atom is 0.323 e. The predicted molar refractivity (Wildman–Crippen MR) is 132 cm³/mol. The van der Waals surface area contributed by atoms with Crippen LogP contribution < -0.4 is 9.80 Å². The summed E-state index contributed by atoms with van der Waals surface area (Å²) in [6, 6.07) is 16.0. The number of amides is 2. The molecule has 0 saturated heterocycles. The van der Waals surface area contributed by atoms with Gasteiger partial charge in [0.25, 0.3) is 11.8 Å². The monoisotopic (exact) mass is 514 g/mol. The Morgan fingerprint density at radius 3 is 1.29 bits per heavy atom. The molecule has 1 aliphatic carbocycles. The van der Waals surface area contributed by atoms with Gasteiger partial charge in [0.1, 0.15) is 11.4 Å². The zero-order chi connectivity index (χ0) is 27.1. The van der Waals surface area contributed by atoms with Gasteiger partial charge < -0.3 is 9.47 Å². The Hall–Kier alpha value is -4.86. The van der Waals surface area contributed by atoms with Gasteiger partial charge >= 0.3 is 11.9 Å². The molecule has 0 bridgehead atoms. The smallest absolute Gasteiger partial charge is 0.323 e. The average Bonchev–Trinajstić information content (AvgIpc) is 3.40. The number of Topliss-reactive ketones (excluding diaryl/α,β-unsaturated/α-hetero) is 2. The second-order valence-corrected chi connectivity index (χ2v) is 8.57. The van der Waals surface area contributed by atoms with E-state index in [1.165, 1.54) is 24.3 Å². The first kappa shape index (κ1) is 24.8. The van der Waals surface area contributed by atoms with Crippen LogP contribution in [0.5, 0.6) is 0 Å². The highest BCUT2D eigenvalue weighted by molar-refractivity contribution is 6.41. The van der Waals surface area contributed by atoms with Crippen molar-refractivity contribution in [1.82, 2.24) is 0 Å². The van der Waals surface area contributed by atoms with Crippen LogP contribution in [-0.4, -0.2) is 48.5 Å². The van der Waals surface area contributed by atoms with Crippen LogP contribution in [0, 0.1) is 11.8 Å². The molecule has 0 saturated carbocycles. The van der Waals surface area contributed by atoms with E-state index < -0.39 is 47.2 Å². The summed E-state index contributed by atoms with van der Waals surface area (Å²) in [5.74, 6) is -8.88. The minimum atomic E-state index is -1.72. The number of hydrogen-bond acceptors (Lipinski definition) is 8. The lowest BCUT2D eigenvalue weighted by atomic mass is 9.83. The van der Waals surface area contributed by atoms with Gasteiger partial charge in [-0.3, -0.25) is 38.6 Å². The number of anilines is 2. The van der Waals surface area contributed by atoms with Gasteiger partial charge in [0, 0.05) is 11.4 Å². The van der Waals surface area contributed by atoms with Gasteiger partial charge in [-0.15, -0.1) is 0 Å². The number of carbonyl (C=O) groups excluding carboxylic acids is 6. The molecular formula is C28H22N2O8. The maximum absolute atomic E-state index is 14.1. The number of hydrogen-bond donors (Lipinski definition) is 0. The molecule has 10 heteroatoms. The lowest BCUT2D eigenvalue weighted by Crippen LogP contribution is -2.37. The summed E-state index contributed by atoms with van der Waals surface area (Å²) in [5.41, 5.74) is -1.06. The standard InChI is InChI=1S/C28H22N2O8/c1-3-37-27(35)19-17-21(29(25(19)33)15-11-7-5-8-12-15)24(32)18-20(28(36)38-4-2)26(34)30(22(18)23(17)31)16-13-9-6-10-14-16/h5-14,19-20H,3-4H2,1-2H3. The number of nitrogens with zero attached hydrogens (tertiary/aromatic N) is 2. The second kappa shape index (κ2) is 9.55. The van der Waals surface area contributed by atoms with Gasteiger partial charge in [0.05, 0.1) is 24.4 Å². The molecule has 5 rings (SSSR count). The van der Waals surface area contributed by atoms with Gasteiger partial charge in [0.2, 0.25) is 11.6 Å². The van der Waals surface area contributed by atoms with Gasteiger partial charge in [-0.1, -0.05) is 36.4 Å². The largest absolute Gasteiger partial charge is 0.465 e. The van der Waals surface area contributed by atoms with Crippen LogP contribution in [0.4, 0.5) is 11.4 Å². The van der Waals surface area contributed by atoms with Gasteiger partial charge in [0.15, 0.2) is 11.8 Å². The molecule has 2 aliphatic heterocycles. The molecule has 0 fully saturated rings. The Kier molecular flexibility index (Phi) is 6.23. The first-order chi connectivity index (χ1) is 18.3. The van der Waals surface area contributed by atoms with Crippen LogP contribution in [0.15, 0.2) is 83.2 Å². The van der Waals surface area contributed by atoms with Crippen molar-refractivity contribution in [3.8, 4) is 0 Å². The number of para-hydroxylation sites is 2. The minimum Gasteiger partial charge on any atom is -0.465 e. The Balaban J connectivity index is 1.75. The molecule has 2 heterocycles. The highest BCUT2D eigenvalue weighted by Gasteiger charge is 2.60. The molecule has 0 radical (unpaired) electrons. The molecule has 192 valence electrons. The van der Waals surface area contributed by atoms with E-state index >= 15 is 0 Å². The van der Waals surface area contributed by atoms with Gasteiger partial charge in [-0.25, -0.2) is 0 Å². The van der Waals surface area contributed by atoms with E-state index in [0.29, 0.717) is 0 Å². The second-order valence-electron chi connectivity index (χ2n) is 8.57. The molecule has 2 aromatic rings. The van der Waals surface area contributed by atoms with E-state index in [4.69, 9.17) is 9.47 Å². The Morgan fingerprint density at radius 1 is 0.632 bits per heavy atom. The summed E-state index contributed by atoms with van der Waals surface area (Å²) in [5, 5.41) is 0. The summed E-state index contributed by atoms with van der Waals surface area (Å²) >= 11 is 0. The van der Waals surface area contributed by atoms with E-state index in [2.05, 4.69) is 0 Å². The van der Waals surface area contributed by atoms with E-state index in [-0.39, 0.29) is 47.1 Å². The number of benzene rings is 2. The maximum atomic E-state index is 14.1. The van der Waals surface area contributed by atoms with E-state index in [1.807, 2.05) is 0 Å². The van der Waals surface area contributed by atoms with Crippen LogP contribution in [0.3, 0.4) is 0 Å². The molecule has 0 N–H and O–H groups in total. The predicted octanol–water partition coefficient (Wildman–Crippen LogP) is 2.10. The van der Waals surface area contributed by atoms with Crippen LogP contribution in [0.1, 0.15) is 13.8 Å². The zero-order valence-corrected chi connectivity index (χ0v) is 20.5. The zero-order valence-electron chi connectivity index (χ0n) is 20.5. The molecular weight excluding hydrogens is 492 g/mol. The molecule has 0 aromatic heterocycles. The van der Waals surface area contributed by atoms with Crippen molar-refractivity contribution >= 4 is 46.7 Å². The normalized spacial score (nSPS) is 20.7. The first-order valence-corrected chi connectivity index (χ1v) is 12.0. The molecule has 2 aromatic carbocycles. The summed E-state index contributed by atoms with van der Waals surface area (Å²) in [4.78, 5) is 83.4. The molecule has 0 spiro atoms. The van der Waals surface area contributed by atoms with Crippen LogP contribution in [0.25, 0.3) is 0 Å². The topological polar surface area (TPSA) is 127 Å². The highest BCUT2D eigenvalue weighted by atomic mass is 16.5. The third-order valence-corrected chi connectivity index (χ3v) is 6.46. The van der Waals surface area contributed by atoms with Crippen molar-refractivity contribution in [3.05, 3.63) is 83.2 Å². The third kappa shape index (κ3) is 3.56. The number of allylic oxidation sites excluding steroid dienone is 2. The number of carbonyl (C=O) groups is 6. The van der Waals surface area contributed by atoms with Crippen molar-refractivity contribution in [2.75, 3.05) is 23.0 Å². The Morgan fingerprint density at radius 2 is 0.974 bits per heavy atom. The summed E-state index contributed by atoms with van der Waals surface area (Å²) in [6.07, 6.45) is 0. The fourth-order valence-corrected chi connectivity index (χ4v) is 4.98. The fraction of sp³-hybridized carbons (Fsp3) is 0.214. The number of esters is 2. The minimum absolute atomic E-state index is 0.0633. The van der Waals surface area contributed by atoms with E-state index in [9.17, 15) is 28.8 Å². The van der Waals surface area contributed by atoms with Crippen LogP contribution >= 0.6 is 0 Å². The van der Waals surface area contributed by atoms with Crippen molar-refractivity contribution < 1.29 is 38.2 Å². The quantitative estimate of drug-likeness (QED) is 0.326. The summed E-state index contributed by atoms with van der Waals surface area (Å²) in [7, 11) is 0. The molecule has 2 atom stereocenters. The molecule has 2 amide bonds. The highest BCUT2D eigenvalue weighted by Crippen LogP contribution is 2.47. The van der Waals surface area contributed by atoms with E-state index in [0.717, 1.165) is 9.80 Å². The number of ketones is 2. The lowest BCUT2D eigenvalue weighted by molar-refractivity contribution is -0.151. The first-order valence-electron chi connectivity index (χ1n) is 12.0. The third-order valence-electron chi connectivity index (χ3n) is 6.46. The van der Waals surface area contributed by atoms with Crippen molar-refractivity contribution in [2.24, 2.45) is 11.8 Å². The number of rotatable bonds is 6. The van der Waals surface area contributed by atoms with Crippen molar-refractivity contribution in [3.63, 3.8) is 0 Å². The molecule has 10 nitrogen and oxygen atoms in total. The summed E-state index contributed by atoms with van der Waals surface area (Å²) < 4.78 is 10.2. The average molecular weight is 514 g/mol. The lowest BCUT2D eigenvalue weighted by Gasteiger charge is -2.24. The summed E-state index contributed by atoms with van der Waals surface area (Å²) in [6.45, 7) is 2.97. The fourth-order valence-electron chi connectivity index (χ4n) is 4.98. The molecule has 38 heavy (non-hydrogen) atoms. The Bertz CT molecular complexity index is 1350. The van der Waals surface area contributed by atoms with Gasteiger partial charge in [-0.05, 0) is 38.1 Å².